The highest BCUT2D eigenvalue weighted by molar-refractivity contribution is 7.10. The normalized spacial score (nSPS) is 14.4. The minimum Gasteiger partial charge on any atom is -0.480 e. The molecule has 1 heterocycles. The summed E-state index contributed by atoms with van der Waals surface area (Å²) in [6.07, 6.45) is 0.292. The minimum atomic E-state index is -1.37. The zero-order chi connectivity index (χ0) is 10.8. The topological polar surface area (TPSA) is 87.1 Å². The molecule has 0 bridgehead atoms. The van der Waals surface area contributed by atoms with Crippen LogP contribution in [0.4, 0.5) is 0 Å². The van der Waals surface area contributed by atoms with Crippen LogP contribution in [0, 0.1) is 11.3 Å². The fraction of sp³-hybridized carbons (Fsp3) is 0.333. The first-order valence-electron chi connectivity index (χ1n) is 3.95. The van der Waals surface area contributed by atoms with Crippen molar-refractivity contribution in [3.63, 3.8) is 0 Å². The number of nitrogens with zero attached hydrogens (tertiary/aromatic N) is 1. The lowest BCUT2D eigenvalue weighted by Gasteiger charge is -2.17. The number of hydrogen-bond donors (Lipinski definition) is 2. The van der Waals surface area contributed by atoms with Gasteiger partial charge in [-0.2, -0.15) is 5.26 Å². The van der Waals surface area contributed by atoms with Crippen LogP contribution in [0.1, 0.15) is 17.4 Å². The molecular weight excluding hydrogens is 200 g/mol. The Hall–Kier alpha value is -1.38. The summed E-state index contributed by atoms with van der Waals surface area (Å²) in [5.74, 6) is -1.07. The highest BCUT2D eigenvalue weighted by Crippen LogP contribution is 2.24. The molecule has 0 spiro atoms. The van der Waals surface area contributed by atoms with E-state index in [1.165, 1.54) is 18.3 Å². The SMILES string of the molecule is CC(N)(C(=O)O)c1csc(CC#N)c1. The molecule has 4 nitrogen and oxygen atoms in total. The third kappa shape index (κ3) is 1.92. The Labute approximate surface area is 85.6 Å². The highest BCUT2D eigenvalue weighted by Gasteiger charge is 2.31. The molecule has 1 aromatic rings. The van der Waals surface area contributed by atoms with E-state index in [-0.39, 0.29) is 0 Å². The summed E-state index contributed by atoms with van der Waals surface area (Å²) in [4.78, 5) is 11.6. The molecule has 1 unspecified atom stereocenters. The maximum absolute atomic E-state index is 10.8. The molecule has 14 heavy (non-hydrogen) atoms. The number of carboxylic acid groups (broad SMARTS) is 1. The molecule has 0 saturated heterocycles. The van der Waals surface area contributed by atoms with E-state index < -0.39 is 11.5 Å². The Bertz CT molecular complexity index is 390. The molecule has 0 saturated carbocycles. The first kappa shape index (κ1) is 10.7. The lowest BCUT2D eigenvalue weighted by molar-refractivity contribution is -0.143. The standard InChI is InChI=1S/C9H10N2O2S/c1-9(11,8(12)13)6-4-7(2-3-10)14-5-6/h4-5H,2,11H2,1H3,(H,12,13). The Kier molecular flexibility index (Phi) is 2.89. The van der Waals surface area contributed by atoms with Crippen LogP contribution >= 0.6 is 11.3 Å². The third-order valence-electron chi connectivity index (χ3n) is 1.95. The van der Waals surface area contributed by atoms with Gasteiger partial charge in [-0.1, -0.05) is 0 Å². The van der Waals surface area contributed by atoms with Crippen molar-refractivity contribution in [3.05, 3.63) is 21.9 Å². The Morgan fingerprint density at radius 2 is 2.50 bits per heavy atom. The van der Waals surface area contributed by atoms with Crippen molar-refractivity contribution in [2.45, 2.75) is 18.9 Å². The van der Waals surface area contributed by atoms with Crippen LogP contribution in [0.5, 0.6) is 0 Å². The van der Waals surface area contributed by atoms with Crippen molar-refractivity contribution >= 4 is 17.3 Å². The lowest BCUT2D eigenvalue weighted by atomic mass is 9.96. The second-order valence-corrected chi connectivity index (χ2v) is 4.14. The molecular formula is C9H10N2O2S. The second kappa shape index (κ2) is 3.78. The van der Waals surface area contributed by atoms with Gasteiger partial charge >= 0.3 is 5.97 Å². The van der Waals surface area contributed by atoms with Gasteiger partial charge in [-0.3, -0.25) is 0 Å². The molecule has 0 aliphatic carbocycles. The van der Waals surface area contributed by atoms with E-state index in [1.54, 1.807) is 11.4 Å². The molecule has 1 aromatic heterocycles. The summed E-state index contributed by atoms with van der Waals surface area (Å²) in [5.41, 5.74) is 4.79. The van der Waals surface area contributed by atoms with Crippen LogP contribution in [-0.2, 0) is 16.8 Å². The van der Waals surface area contributed by atoms with Crippen molar-refractivity contribution in [3.8, 4) is 6.07 Å². The Morgan fingerprint density at radius 3 is 3.00 bits per heavy atom. The van der Waals surface area contributed by atoms with E-state index >= 15 is 0 Å². The van der Waals surface area contributed by atoms with Crippen LogP contribution < -0.4 is 5.73 Å². The Balaban J connectivity index is 2.98. The van der Waals surface area contributed by atoms with Gasteiger partial charge in [-0.25, -0.2) is 4.79 Å². The average molecular weight is 210 g/mol. The maximum Gasteiger partial charge on any atom is 0.328 e. The first-order valence-corrected chi connectivity index (χ1v) is 4.83. The summed E-state index contributed by atoms with van der Waals surface area (Å²) in [6, 6.07) is 3.67. The van der Waals surface area contributed by atoms with E-state index in [0.29, 0.717) is 12.0 Å². The summed E-state index contributed by atoms with van der Waals surface area (Å²) in [5, 5.41) is 19.0. The summed E-state index contributed by atoms with van der Waals surface area (Å²) in [7, 11) is 0. The molecule has 74 valence electrons. The fourth-order valence-electron chi connectivity index (χ4n) is 0.947. The number of rotatable bonds is 3. The van der Waals surface area contributed by atoms with Crippen molar-refractivity contribution in [2.24, 2.45) is 5.73 Å². The number of nitriles is 1. The van der Waals surface area contributed by atoms with Crippen LogP contribution in [-0.4, -0.2) is 11.1 Å². The van der Waals surface area contributed by atoms with Gasteiger partial charge in [0.05, 0.1) is 12.5 Å². The predicted octanol–water partition coefficient (Wildman–Crippen LogP) is 1.07. The van der Waals surface area contributed by atoms with E-state index in [2.05, 4.69) is 0 Å². The summed E-state index contributed by atoms with van der Waals surface area (Å²) < 4.78 is 0. The van der Waals surface area contributed by atoms with Gasteiger partial charge in [-0.15, -0.1) is 11.3 Å². The van der Waals surface area contributed by atoms with Crippen molar-refractivity contribution in [1.82, 2.24) is 0 Å². The molecule has 1 atom stereocenters. The Morgan fingerprint density at radius 1 is 1.86 bits per heavy atom. The van der Waals surface area contributed by atoms with Gasteiger partial charge in [-0.05, 0) is 23.9 Å². The molecule has 5 heteroatoms. The van der Waals surface area contributed by atoms with Crippen molar-refractivity contribution < 1.29 is 9.90 Å². The zero-order valence-corrected chi connectivity index (χ0v) is 8.47. The van der Waals surface area contributed by atoms with Gasteiger partial charge in [0.25, 0.3) is 0 Å². The van der Waals surface area contributed by atoms with E-state index in [4.69, 9.17) is 16.1 Å². The van der Waals surface area contributed by atoms with Gasteiger partial charge < -0.3 is 10.8 Å². The van der Waals surface area contributed by atoms with Gasteiger partial charge in [0, 0.05) is 4.88 Å². The number of carbonyl (C=O) groups is 1. The maximum atomic E-state index is 10.8. The summed E-state index contributed by atoms with van der Waals surface area (Å²) >= 11 is 1.35. The van der Waals surface area contributed by atoms with Gasteiger partial charge in [0.15, 0.2) is 0 Å². The minimum absolute atomic E-state index is 0.292. The smallest absolute Gasteiger partial charge is 0.328 e. The monoisotopic (exact) mass is 210 g/mol. The molecule has 0 aliphatic rings. The number of hydrogen-bond acceptors (Lipinski definition) is 4. The first-order chi connectivity index (χ1) is 6.48. The number of thiophene rings is 1. The summed E-state index contributed by atoms with van der Waals surface area (Å²) in [6.45, 7) is 1.44. The number of carboxylic acids is 1. The van der Waals surface area contributed by atoms with Crippen LogP contribution in [0.2, 0.25) is 0 Å². The van der Waals surface area contributed by atoms with E-state index in [1.807, 2.05) is 6.07 Å². The van der Waals surface area contributed by atoms with Gasteiger partial charge in [0.2, 0.25) is 0 Å². The predicted molar refractivity (Wildman–Crippen MR) is 52.8 cm³/mol. The quantitative estimate of drug-likeness (QED) is 0.781. The van der Waals surface area contributed by atoms with E-state index in [0.717, 1.165) is 4.88 Å². The number of aliphatic carboxylic acids is 1. The highest BCUT2D eigenvalue weighted by atomic mass is 32.1. The zero-order valence-electron chi connectivity index (χ0n) is 7.65. The number of nitrogens with two attached hydrogens (primary N) is 1. The lowest BCUT2D eigenvalue weighted by Crippen LogP contribution is -2.41. The molecule has 0 aromatic carbocycles. The van der Waals surface area contributed by atoms with Gasteiger partial charge in [0.1, 0.15) is 5.54 Å². The van der Waals surface area contributed by atoms with Crippen LogP contribution in [0.15, 0.2) is 11.4 Å². The van der Waals surface area contributed by atoms with E-state index in [9.17, 15) is 4.79 Å². The molecule has 3 N–H and O–H groups in total. The van der Waals surface area contributed by atoms with Crippen molar-refractivity contribution in [1.29, 1.82) is 5.26 Å². The average Bonchev–Trinajstić information content (AvgIpc) is 2.53. The van der Waals surface area contributed by atoms with Crippen LogP contribution in [0.3, 0.4) is 0 Å². The second-order valence-electron chi connectivity index (χ2n) is 3.14. The molecule has 0 fully saturated rings. The van der Waals surface area contributed by atoms with Crippen LogP contribution in [0.25, 0.3) is 0 Å². The molecule has 1 rings (SSSR count). The molecule has 0 amide bonds. The van der Waals surface area contributed by atoms with Crippen molar-refractivity contribution in [2.75, 3.05) is 0 Å². The third-order valence-corrected chi connectivity index (χ3v) is 2.89. The fourth-order valence-corrected chi connectivity index (χ4v) is 1.88. The molecule has 0 radical (unpaired) electrons. The molecule has 0 aliphatic heterocycles. The largest absolute Gasteiger partial charge is 0.480 e.